The molecule has 28 heavy (non-hydrogen) atoms. The van der Waals surface area contributed by atoms with Crippen LogP contribution in [0.2, 0.25) is 0 Å². The highest BCUT2D eigenvalue weighted by Gasteiger charge is 2.35. The molecular weight excluding hydrogens is 360 g/mol. The molecule has 2 aliphatic heterocycles. The Balaban J connectivity index is 1.77. The third-order valence-corrected chi connectivity index (χ3v) is 5.01. The zero-order chi connectivity index (χ0) is 21.1. The smallest absolute Gasteiger partial charge is 0.319 e. The van der Waals surface area contributed by atoms with Crippen LogP contribution in [0.4, 0.5) is 4.79 Å². The summed E-state index contributed by atoms with van der Waals surface area (Å²) in [6, 6.07) is 0.00489. The number of hydrogen-bond donors (Lipinski definition) is 0. The second-order valence-electron chi connectivity index (χ2n) is 9.87. The van der Waals surface area contributed by atoms with Crippen LogP contribution in [0, 0.1) is 11.8 Å². The summed E-state index contributed by atoms with van der Waals surface area (Å²) < 4.78 is 10.9. The monoisotopic (exact) mass is 396 g/mol. The maximum absolute atomic E-state index is 12.8. The molecule has 0 aliphatic carbocycles. The van der Waals surface area contributed by atoms with Crippen LogP contribution in [-0.2, 0) is 19.1 Å². The minimum absolute atomic E-state index is 0.00489. The Labute approximate surface area is 168 Å². The lowest BCUT2D eigenvalue weighted by Crippen LogP contribution is -2.50. The number of carbonyl (C=O) groups is 3. The van der Waals surface area contributed by atoms with Gasteiger partial charge in [-0.15, -0.1) is 0 Å². The summed E-state index contributed by atoms with van der Waals surface area (Å²) in [4.78, 5) is 40.8. The molecule has 0 atom stereocenters. The topological polar surface area (TPSA) is 76.2 Å². The molecule has 0 unspecified atom stereocenters. The molecule has 0 aromatic rings. The normalized spacial score (nSPS) is 20.1. The van der Waals surface area contributed by atoms with Crippen LogP contribution in [0.1, 0.15) is 67.2 Å². The first kappa shape index (κ1) is 22.5. The van der Waals surface area contributed by atoms with Crippen molar-refractivity contribution in [2.45, 2.75) is 78.4 Å². The highest BCUT2D eigenvalue weighted by molar-refractivity contribution is 5.77. The summed E-state index contributed by atoms with van der Waals surface area (Å²) >= 11 is 0. The number of amides is 2. The first-order chi connectivity index (χ1) is 12.9. The molecule has 0 aromatic heterocycles. The minimum Gasteiger partial charge on any atom is -0.460 e. The largest absolute Gasteiger partial charge is 0.460 e. The van der Waals surface area contributed by atoms with Crippen LogP contribution in [0.5, 0.6) is 0 Å². The van der Waals surface area contributed by atoms with Gasteiger partial charge < -0.3 is 19.3 Å². The molecule has 0 saturated carbocycles. The summed E-state index contributed by atoms with van der Waals surface area (Å²) in [6.07, 6.45) is 2.54. The van der Waals surface area contributed by atoms with E-state index >= 15 is 0 Å². The van der Waals surface area contributed by atoms with E-state index < -0.39 is 11.2 Å². The van der Waals surface area contributed by atoms with Crippen molar-refractivity contribution in [2.75, 3.05) is 26.2 Å². The molecule has 2 aliphatic rings. The molecule has 2 rings (SSSR count). The Kier molecular flexibility index (Phi) is 6.99. The molecule has 0 bridgehead atoms. The molecule has 0 spiro atoms. The molecule has 2 saturated heterocycles. The van der Waals surface area contributed by atoms with Crippen LogP contribution in [0.3, 0.4) is 0 Å². The number of ether oxygens (including phenoxy) is 2. The van der Waals surface area contributed by atoms with Gasteiger partial charge >= 0.3 is 18.0 Å². The molecule has 7 nitrogen and oxygen atoms in total. The highest BCUT2D eigenvalue weighted by Crippen LogP contribution is 2.25. The fraction of sp³-hybridized carbons (Fsp3) is 0.857. The summed E-state index contributed by atoms with van der Waals surface area (Å²) in [5.41, 5.74) is -0.967. The third kappa shape index (κ3) is 6.67. The molecule has 2 fully saturated rings. The van der Waals surface area contributed by atoms with Crippen molar-refractivity contribution in [3.8, 4) is 0 Å². The number of hydrogen-bond acceptors (Lipinski definition) is 5. The molecule has 7 heteroatoms. The second kappa shape index (κ2) is 8.70. The van der Waals surface area contributed by atoms with E-state index in [2.05, 4.69) is 0 Å². The Morgan fingerprint density at radius 1 is 0.643 bits per heavy atom. The predicted molar refractivity (Wildman–Crippen MR) is 106 cm³/mol. The van der Waals surface area contributed by atoms with Crippen molar-refractivity contribution in [1.29, 1.82) is 0 Å². The molecule has 0 N–H and O–H groups in total. The number of esters is 2. The van der Waals surface area contributed by atoms with Crippen LogP contribution in [0.25, 0.3) is 0 Å². The molecule has 160 valence electrons. The molecule has 0 aromatic carbocycles. The van der Waals surface area contributed by atoms with Gasteiger partial charge in [-0.3, -0.25) is 9.59 Å². The van der Waals surface area contributed by atoms with Crippen molar-refractivity contribution >= 4 is 18.0 Å². The number of piperidine rings is 2. The lowest BCUT2D eigenvalue weighted by molar-refractivity contribution is -0.162. The van der Waals surface area contributed by atoms with Gasteiger partial charge in [-0.25, -0.2) is 4.79 Å². The minimum atomic E-state index is -0.484. The second-order valence-corrected chi connectivity index (χ2v) is 9.87. The van der Waals surface area contributed by atoms with E-state index in [1.807, 2.05) is 51.3 Å². The summed E-state index contributed by atoms with van der Waals surface area (Å²) in [5, 5.41) is 0. The maximum Gasteiger partial charge on any atom is 0.319 e. The van der Waals surface area contributed by atoms with Gasteiger partial charge in [0.1, 0.15) is 11.2 Å². The van der Waals surface area contributed by atoms with Gasteiger partial charge in [0.05, 0.1) is 11.8 Å². The van der Waals surface area contributed by atoms with Gasteiger partial charge in [0.15, 0.2) is 0 Å². The van der Waals surface area contributed by atoms with Crippen LogP contribution < -0.4 is 0 Å². The quantitative estimate of drug-likeness (QED) is 0.670. The predicted octanol–water partition coefficient (Wildman–Crippen LogP) is 3.21. The lowest BCUT2D eigenvalue weighted by atomic mass is 9.95. The average Bonchev–Trinajstić information content (AvgIpc) is 2.58. The molecule has 2 heterocycles. The number of urea groups is 1. The molecule has 0 radical (unpaired) electrons. The number of carbonyl (C=O) groups excluding carboxylic acids is 3. The first-order valence-electron chi connectivity index (χ1n) is 10.4. The van der Waals surface area contributed by atoms with E-state index in [1.54, 1.807) is 0 Å². The van der Waals surface area contributed by atoms with Crippen molar-refractivity contribution in [3.05, 3.63) is 0 Å². The zero-order valence-corrected chi connectivity index (χ0v) is 18.2. The van der Waals surface area contributed by atoms with Crippen molar-refractivity contribution in [1.82, 2.24) is 9.80 Å². The summed E-state index contributed by atoms with van der Waals surface area (Å²) in [7, 11) is 0. The highest BCUT2D eigenvalue weighted by atomic mass is 16.6. The van der Waals surface area contributed by atoms with E-state index in [4.69, 9.17) is 9.47 Å². The third-order valence-electron chi connectivity index (χ3n) is 5.01. The lowest BCUT2D eigenvalue weighted by Gasteiger charge is -2.38. The van der Waals surface area contributed by atoms with E-state index in [9.17, 15) is 14.4 Å². The average molecular weight is 397 g/mol. The van der Waals surface area contributed by atoms with Gasteiger partial charge in [0.25, 0.3) is 0 Å². The van der Waals surface area contributed by atoms with Crippen LogP contribution >= 0.6 is 0 Å². The standard InChI is InChI=1S/C21H36N2O5/c1-20(2,3)27-17(24)15-7-11-22(12-8-15)19(26)23-13-9-16(10-14-23)18(25)28-21(4,5)6/h15-16H,7-14H2,1-6H3. The van der Waals surface area contributed by atoms with Crippen LogP contribution in [-0.4, -0.2) is 65.2 Å². The van der Waals surface area contributed by atoms with Gasteiger partial charge in [-0.2, -0.15) is 0 Å². The summed E-state index contributed by atoms with van der Waals surface area (Å²) in [5.74, 6) is -0.613. The first-order valence-corrected chi connectivity index (χ1v) is 10.4. The van der Waals surface area contributed by atoms with Crippen LogP contribution in [0.15, 0.2) is 0 Å². The van der Waals surface area contributed by atoms with E-state index in [-0.39, 0.29) is 29.8 Å². The van der Waals surface area contributed by atoms with E-state index in [0.717, 1.165) is 0 Å². The van der Waals surface area contributed by atoms with E-state index in [0.29, 0.717) is 51.9 Å². The number of nitrogens with zero attached hydrogens (tertiary/aromatic N) is 2. The van der Waals surface area contributed by atoms with E-state index in [1.165, 1.54) is 0 Å². The number of rotatable bonds is 2. The van der Waals surface area contributed by atoms with Crippen molar-refractivity contribution in [3.63, 3.8) is 0 Å². The summed E-state index contributed by atoms with van der Waals surface area (Å²) in [6.45, 7) is 13.5. The fourth-order valence-corrected chi connectivity index (χ4v) is 3.58. The molecule has 2 amide bonds. The Bertz CT molecular complexity index is 525. The van der Waals surface area contributed by atoms with Gasteiger partial charge in [0, 0.05) is 26.2 Å². The van der Waals surface area contributed by atoms with Gasteiger partial charge in [-0.05, 0) is 67.2 Å². The fourth-order valence-electron chi connectivity index (χ4n) is 3.58. The SMILES string of the molecule is CC(C)(C)OC(=O)C1CCN(C(=O)N2CCC(C(=O)OC(C)(C)C)CC2)CC1. The van der Waals surface area contributed by atoms with Crippen molar-refractivity contribution < 1.29 is 23.9 Å². The van der Waals surface area contributed by atoms with Crippen molar-refractivity contribution in [2.24, 2.45) is 11.8 Å². The Morgan fingerprint density at radius 2 is 0.929 bits per heavy atom. The van der Waals surface area contributed by atoms with Gasteiger partial charge in [0.2, 0.25) is 0 Å². The maximum atomic E-state index is 12.8. The van der Waals surface area contributed by atoms with Gasteiger partial charge in [-0.1, -0.05) is 0 Å². The Hall–Kier alpha value is -1.79. The number of likely N-dealkylation sites (tertiary alicyclic amines) is 2. The zero-order valence-electron chi connectivity index (χ0n) is 18.2. The Morgan fingerprint density at radius 3 is 1.18 bits per heavy atom. The molecular formula is C21H36N2O5.